The summed E-state index contributed by atoms with van der Waals surface area (Å²) in [6, 6.07) is 21.4. The van der Waals surface area contributed by atoms with Gasteiger partial charge in [-0.05, 0) is 23.6 Å². The Morgan fingerprint density at radius 2 is 1.81 bits per heavy atom. The summed E-state index contributed by atoms with van der Waals surface area (Å²) in [5.41, 5.74) is 4.28. The van der Waals surface area contributed by atoms with Gasteiger partial charge in [-0.25, -0.2) is 0 Å². The molecule has 2 aromatic carbocycles. The van der Waals surface area contributed by atoms with Crippen molar-refractivity contribution in [1.82, 2.24) is 9.88 Å². The summed E-state index contributed by atoms with van der Waals surface area (Å²) in [5, 5.41) is 3.68. The fourth-order valence-electron chi connectivity index (χ4n) is 3.19. The Morgan fingerprint density at radius 1 is 1.04 bits per heavy atom. The molecule has 0 saturated heterocycles. The quantitative estimate of drug-likeness (QED) is 0.518. The van der Waals surface area contributed by atoms with Gasteiger partial charge in [0.1, 0.15) is 5.69 Å². The number of carbonyl (C=O) groups is 1. The molecule has 0 spiro atoms. The van der Waals surface area contributed by atoms with E-state index in [4.69, 9.17) is 16.0 Å². The SMILES string of the molecule is O=C(NCCc1ccccc1)c1cc2occc2n1Cc1ccccc1Cl. The monoisotopic (exact) mass is 378 g/mol. The zero-order valence-electron chi connectivity index (χ0n) is 14.7. The van der Waals surface area contributed by atoms with Crippen LogP contribution in [0.25, 0.3) is 11.1 Å². The van der Waals surface area contributed by atoms with Gasteiger partial charge in [0.25, 0.3) is 5.91 Å². The summed E-state index contributed by atoms with van der Waals surface area (Å²) in [6.07, 6.45) is 2.42. The summed E-state index contributed by atoms with van der Waals surface area (Å²) < 4.78 is 7.44. The third-order valence-corrected chi connectivity index (χ3v) is 4.95. The van der Waals surface area contributed by atoms with Crippen LogP contribution in [-0.4, -0.2) is 17.0 Å². The van der Waals surface area contributed by atoms with E-state index >= 15 is 0 Å². The number of nitrogens with zero attached hydrogens (tertiary/aromatic N) is 1. The second-order valence-corrected chi connectivity index (χ2v) is 6.78. The van der Waals surface area contributed by atoms with E-state index in [-0.39, 0.29) is 5.91 Å². The van der Waals surface area contributed by atoms with Crippen LogP contribution in [0.2, 0.25) is 5.02 Å². The minimum atomic E-state index is -0.121. The van der Waals surface area contributed by atoms with Crippen LogP contribution in [0.4, 0.5) is 0 Å². The molecule has 4 nitrogen and oxygen atoms in total. The number of furan rings is 1. The van der Waals surface area contributed by atoms with Crippen LogP contribution in [0, 0.1) is 0 Å². The van der Waals surface area contributed by atoms with Gasteiger partial charge in [-0.15, -0.1) is 0 Å². The number of carbonyl (C=O) groups excluding carboxylic acids is 1. The number of rotatable bonds is 6. The van der Waals surface area contributed by atoms with Crippen molar-refractivity contribution in [2.75, 3.05) is 6.54 Å². The summed E-state index contributed by atoms with van der Waals surface area (Å²) in [7, 11) is 0. The Kier molecular flexibility index (Phi) is 4.99. The summed E-state index contributed by atoms with van der Waals surface area (Å²) >= 11 is 6.31. The molecule has 5 heteroatoms. The third kappa shape index (κ3) is 3.76. The largest absolute Gasteiger partial charge is 0.463 e. The van der Waals surface area contributed by atoms with Crippen LogP contribution in [0.3, 0.4) is 0 Å². The van der Waals surface area contributed by atoms with Crippen molar-refractivity contribution in [3.8, 4) is 0 Å². The van der Waals surface area contributed by atoms with Gasteiger partial charge in [-0.1, -0.05) is 60.1 Å². The number of fused-ring (bicyclic) bond motifs is 1. The lowest BCUT2D eigenvalue weighted by atomic mass is 10.1. The third-order valence-electron chi connectivity index (χ3n) is 4.58. The lowest BCUT2D eigenvalue weighted by Crippen LogP contribution is -2.28. The Morgan fingerprint density at radius 3 is 2.63 bits per heavy atom. The number of amides is 1. The van der Waals surface area contributed by atoms with Crippen LogP contribution in [-0.2, 0) is 13.0 Å². The Labute approximate surface area is 162 Å². The minimum absolute atomic E-state index is 0.121. The molecule has 0 aliphatic heterocycles. The molecule has 0 aliphatic carbocycles. The zero-order valence-corrected chi connectivity index (χ0v) is 15.4. The molecule has 0 fully saturated rings. The lowest BCUT2D eigenvalue weighted by Gasteiger charge is -2.12. The second-order valence-electron chi connectivity index (χ2n) is 6.37. The average Bonchev–Trinajstić information content (AvgIpc) is 3.27. The Bertz CT molecular complexity index is 1070. The topological polar surface area (TPSA) is 47.2 Å². The van der Waals surface area contributed by atoms with Crippen LogP contribution in [0.1, 0.15) is 21.6 Å². The molecule has 0 bridgehead atoms. The molecule has 2 heterocycles. The molecule has 1 N–H and O–H groups in total. The van der Waals surface area contributed by atoms with Gasteiger partial charge < -0.3 is 14.3 Å². The van der Waals surface area contributed by atoms with Gasteiger partial charge in [0, 0.05) is 30.2 Å². The summed E-state index contributed by atoms with van der Waals surface area (Å²) in [5.74, 6) is -0.121. The van der Waals surface area contributed by atoms with Gasteiger partial charge >= 0.3 is 0 Å². The van der Waals surface area contributed by atoms with E-state index in [0.29, 0.717) is 29.4 Å². The minimum Gasteiger partial charge on any atom is -0.463 e. The van der Waals surface area contributed by atoms with Crippen LogP contribution >= 0.6 is 11.6 Å². The standard InChI is InChI=1S/C22H19ClN2O2/c23-18-9-5-4-8-17(18)15-25-19-11-13-27-21(19)14-20(25)22(26)24-12-10-16-6-2-1-3-7-16/h1-9,11,13-14H,10,12,15H2,(H,24,26). The molecule has 27 heavy (non-hydrogen) atoms. The van der Waals surface area contributed by atoms with E-state index in [1.54, 1.807) is 12.3 Å². The van der Waals surface area contributed by atoms with Crippen LogP contribution < -0.4 is 5.32 Å². The van der Waals surface area contributed by atoms with Crippen molar-refractivity contribution in [2.24, 2.45) is 0 Å². The summed E-state index contributed by atoms with van der Waals surface area (Å²) in [4.78, 5) is 12.8. The first-order chi connectivity index (χ1) is 13.2. The average molecular weight is 379 g/mol. The van der Waals surface area contributed by atoms with E-state index in [2.05, 4.69) is 17.4 Å². The highest BCUT2D eigenvalue weighted by Gasteiger charge is 2.18. The molecule has 1 amide bonds. The normalized spacial score (nSPS) is 11.0. The fourth-order valence-corrected chi connectivity index (χ4v) is 3.38. The van der Waals surface area contributed by atoms with E-state index in [1.807, 2.05) is 53.1 Å². The van der Waals surface area contributed by atoms with Gasteiger partial charge in [0.15, 0.2) is 5.58 Å². The van der Waals surface area contributed by atoms with Crippen molar-refractivity contribution >= 4 is 28.6 Å². The highest BCUT2D eigenvalue weighted by Crippen LogP contribution is 2.24. The van der Waals surface area contributed by atoms with Crippen molar-refractivity contribution < 1.29 is 9.21 Å². The number of hydrogen-bond donors (Lipinski definition) is 1. The molecule has 4 rings (SSSR count). The second kappa shape index (κ2) is 7.72. The molecule has 0 aliphatic rings. The maximum Gasteiger partial charge on any atom is 0.268 e. The molecule has 0 saturated carbocycles. The highest BCUT2D eigenvalue weighted by molar-refractivity contribution is 6.31. The van der Waals surface area contributed by atoms with Crippen LogP contribution in [0.15, 0.2) is 77.4 Å². The molecule has 4 aromatic rings. The molecular formula is C22H19ClN2O2. The predicted octanol–water partition coefficient (Wildman–Crippen LogP) is 4.91. The number of hydrogen-bond acceptors (Lipinski definition) is 2. The first-order valence-electron chi connectivity index (χ1n) is 8.84. The number of aromatic nitrogens is 1. The molecular weight excluding hydrogens is 360 g/mol. The first kappa shape index (κ1) is 17.4. The van der Waals surface area contributed by atoms with E-state index in [9.17, 15) is 4.79 Å². The highest BCUT2D eigenvalue weighted by atomic mass is 35.5. The van der Waals surface area contributed by atoms with Crippen molar-refractivity contribution in [3.05, 3.63) is 94.8 Å². The maximum absolute atomic E-state index is 12.8. The van der Waals surface area contributed by atoms with Gasteiger partial charge in [-0.2, -0.15) is 0 Å². The zero-order chi connectivity index (χ0) is 18.6. The molecule has 0 radical (unpaired) electrons. The van der Waals surface area contributed by atoms with Gasteiger partial charge in [0.05, 0.1) is 11.8 Å². The van der Waals surface area contributed by atoms with Gasteiger partial charge in [-0.3, -0.25) is 4.79 Å². The number of halogens is 1. The van der Waals surface area contributed by atoms with Crippen molar-refractivity contribution in [3.63, 3.8) is 0 Å². The van der Waals surface area contributed by atoms with Crippen molar-refractivity contribution in [2.45, 2.75) is 13.0 Å². The molecule has 2 aromatic heterocycles. The van der Waals surface area contributed by atoms with E-state index < -0.39 is 0 Å². The van der Waals surface area contributed by atoms with E-state index in [1.165, 1.54) is 5.56 Å². The number of benzene rings is 2. The first-order valence-corrected chi connectivity index (χ1v) is 9.22. The summed E-state index contributed by atoms with van der Waals surface area (Å²) in [6.45, 7) is 1.08. The Balaban J connectivity index is 1.55. The molecule has 0 atom stereocenters. The fraction of sp³-hybridized carbons (Fsp3) is 0.136. The molecule has 0 unspecified atom stereocenters. The van der Waals surface area contributed by atoms with Crippen LogP contribution in [0.5, 0.6) is 0 Å². The van der Waals surface area contributed by atoms with Crippen molar-refractivity contribution in [1.29, 1.82) is 0 Å². The predicted molar refractivity (Wildman–Crippen MR) is 107 cm³/mol. The van der Waals surface area contributed by atoms with E-state index in [0.717, 1.165) is 17.5 Å². The maximum atomic E-state index is 12.8. The lowest BCUT2D eigenvalue weighted by molar-refractivity contribution is 0.0945. The van der Waals surface area contributed by atoms with Gasteiger partial charge in [0.2, 0.25) is 0 Å². The smallest absolute Gasteiger partial charge is 0.268 e. The molecule has 136 valence electrons. The Hall–Kier alpha value is -2.98. The number of nitrogens with one attached hydrogen (secondary N) is 1.